The summed E-state index contributed by atoms with van der Waals surface area (Å²) in [6.45, 7) is 0.790. The fourth-order valence-corrected chi connectivity index (χ4v) is 5.02. The van der Waals surface area contributed by atoms with Crippen LogP contribution in [0.25, 0.3) is 61.7 Å². The van der Waals surface area contributed by atoms with Gasteiger partial charge in [0.2, 0.25) is 0 Å². The molecule has 0 spiro atoms. The van der Waals surface area contributed by atoms with E-state index in [2.05, 4.69) is 85.9 Å². The Bertz CT molecular complexity index is 1830. The van der Waals surface area contributed by atoms with Gasteiger partial charge in [-0.3, -0.25) is 19.9 Å². The monoisotopic (exact) mass is 542 g/mol. The van der Waals surface area contributed by atoms with Gasteiger partial charge in [-0.25, -0.2) is 4.98 Å². The summed E-state index contributed by atoms with van der Waals surface area (Å²) in [5.74, 6) is 0. The Morgan fingerprint density at radius 3 is 1.76 bits per heavy atom. The zero-order chi connectivity index (χ0) is 28.1. The van der Waals surface area contributed by atoms with Crippen LogP contribution < -0.4 is 5.32 Å². The maximum absolute atomic E-state index is 5.13. The predicted molar refractivity (Wildman–Crippen MR) is 168 cm³/mol. The number of aromatic nitrogens is 5. The third-order valence-electron chi connectivity index (χ3n) is 7.15. The summed E-state index contributed by atoms with van der Waals surface area (Å²) in [6.07, 6.45) is 19.2. The summed E-state index contributed by atoms with van der Waals surface area (Å²) in [6, 6.07) is 26.8. The van der Waals surface area contributed by atoms with Crippen LogP contribution in [0.3, 0.4) is 0 Å². The van der Waals surface area contributed by atoms with E-state index >= 15 is 0 Å². The first-order chi connectivity index (χ1) is 20.8. The number of dihydropyridines is 1. The molecule has 6 heteroatoms. The molecule has 6 aromatic rings. The van der Waals surface area contributed by atoms with Crippen LogP contribution in [0.1, 0.15) is 5.56 Å². The smallest absolute Gasteiger partial charge is 0.0731 e. The third-order valence-corrected chi connectivity index (χ3v) is 7.15. The molecule has 1 aliphatic heterocycles. The molecule has 1 aromatic carbocycles. The molecule has 0 saturated carbocycles. The molecule has 0 atom stereocenters. The topological polar surface area (TPSA) is 76.5 Å². The SMILES string of the molecule is C1=CCNC(c2cncc(-c3cc(-c4cncc(-c5ccccc5)c4)cc(-c4cncc(-c5ccccn5)c4)n3)c2)=C1. The second-order valence-electron chi connectivity index (χ2n) is 9.98. The molecule has 1 aliphatic rings. The summed E-state index contributed by atoms with van der Waals surface area (Å²) in [7, 11) is 0. The van der Waals surface area contributed by atoms with Crippen molar-refractivity contribution in [2.45, 2.75) is 0 Å². The molecule has 0 radical (unpaired) electrons. The van der Waals surface area contributed by atoms with Gasteiger partial charge in [-0.15, -0.1) is 0 Å². The van der Waals surface area contributed by atoms with Gasteiger partial charge >= 0.3 is 0 Å². The molecule has 0 saturated heterocycles. The quantitative estimate of drug-likeness (QED) is 0.235. The predicted octanol–water partition coefficient (Wildman–Crippen LogP) is 7.50. The number of rotatable bonds is 6. The molecule has 1 N–H and O–H groups in total. The highest BCUT2D eigenvalue weighted by Crippen LogP contribution is 2.33. The van der Waals surface area contributed by atoms with Crippen molar-refractivity contribution in [3.8, 4) is 56.0 Å². The number of pyridine rings is 5. The van der Waals surface area contributed by atoms with Gasteiger partial charge in [0.25, 0.3) is 0 Å². The van der Waals surface area contributed by atoms with Crippen molar-refractivity contribution in [3.05, 3.63) is 146 Å². The van der Waals surface area contributed by atoms with Gasteiger partial charge in [-0.05, 0) is 59.7 Å². The molecular formula is C36H26N6. The van der Waals surface area contributed by atoms with Gasteiger partial charge in [0.15, 0.2) is 0 Å². The highest BCUT2D eigenvalue weighted by atomic mass is 14.9. The fraction of sp³-hybridized carbons (Fsp3) is 0.0278. The Kier molecular flexibility index (Phi) is 6.84. The Balaban J connectivity index is 1.37. The van der Waals surface area contributed by atoms with Gasteiger partial charge in [0.05, 0.1) is 17.1 Å². The van der Waals surface area contributed by atoms with E-state index in [-0.39, 0.29) is 0 Å². The van der Waals surface area contributed by atoms with Crippen molar-refractivity contribution >= 4 is 5.70 Å². The zero-order valence-electron chi connectivity index (χ0n) is 22.7. The van der Waals surface area contributed by atoms with Crippen LogP contribution >= 0.6 is 0 Å². The van der Waals surface area contributed by atoms with E-state index in [1.807, 2.05) is 73.6 Å². The molecule has 0 amide bonds. The van der Waals surface area contributed by atoms with E-state index in [1.165, 1.54) is 0 Å². The van der Waals surface area contributed by atoms with Crippen LogP contribution in [0.2, 0.25) is 0 Å². The molecule has 0 fully saturated rings. The molecule has 0 aliphatic carbocycles. The van der Waals surface area contributed by atoms with E-state index in [9.17, 15) is 0 Å². The van der Waals surface area contributed by atoms with Gasteiger partial charge in [-0.2, -0.15) is 0 Å². The molecule has 0 bridgehead atoms. The summed E-state index contributed by atoms with van der Waals surface area (Å²) in [5.41, 5.74) is 11.5. The van der Waals surface area contributed by atoms with E-state index in [0.29, 0.717) is 0 Å². The number of nitrogens with zero attached hydrogens (tertiary/aromatic N) is 5. The van der Waals surface area contributed by atoms with E-state index < -0.39 is 0 Å². The lowest BCUT2D eigenvalue weighted by atomic mass is 9.98. The highest BCUT2D eigenvalue weighted by Gasteiger charge is 2.13. The average molecular weight is 543 g/mol. The molecule has 6 nitrogen and oxygen atoms in total. The van der Waals surface area contributed by atoms with Crippen LogP contribution in [0, 0.1) is 0 Å². The Morgan fingerprint density at radius 1 is 0.500 bits per heavy atom. The van der Waals surface area contributed by atoms with Crippen LogP contribution in [0.15, 0.2) is 140 Å². The van der Waals surface area contributed by atoms with Gasteiger partial charge in [-0.1, -0.05) is 48.6 Å². The van der Waals surface area contributed by atoms with Gasteiger partial charge < -0.3 is 5.32 Å². The molecule has 0 unspecified atom stereocenters. The number of hydrogen-bond donors (Lipinski definition) is 1. The van der Waals surface area contributed by atoms with E-state index in [1.54, 1.807) is 6.20 Å². The maximum atomic E-state index is 5.13. The van der Waals surface area contributed by atoms with Crippen molar-refractivity contribution in [2.75, 3.05) is 6.54 Å². The third kappa shape index (κ3) is 5.33. The summed E-state index contributed by atoms with van der Waals surface area (Å²) in [5, 5.41) is 3.42. The van der Waals surface area contributed by atoms with E-state index in [4.69, 9.17) is 4.98 Å². The first-order valence-corrected chi connectivity index (χ1v) is 13.8. The van der Waals surface area contributed by atoms with Gasteiger partial charge in [0.1, 0.15) is 0 Å². The van der Waals surface area contributed by atoms with Crippen LogP contribution in [0.5, 0.6) is 0 Å². The Labute approximate surface area is 244 Å². The van der Waals surface area contributed by atoms with Crippen molar-refractivity contribution in [3.63, 3.8) is 0 Å². The molecule has 42 heavy (non-hydrogen) atoms. The van der Waals surface area contributed by atoms with E-state index in [0.717, 1.165) is 73.8 Å². The first-order valence-electron chi connectivity index (χ1n) is 13.8. The molecular weight excluding hydrogens is 516 g/mol. The van der Waals surface area contributed by atoms with Crippen molar-refractivity contribution in [1.29, 1.82) is 0 Å². The minimum atomic E-state index is 0.790. The molecule has 200 valence electrons. The Hall–Kier alpha value is -5.75. The fourth-order valence-electron chi connectivity index (χ4n) is 5.02. The van der Waals surface area contributed by atoms with Crippen LogP contribution in [-0.2, 0) is 0 Å². The summed E-state index contributed by atoms with van der Waals surface area (Å²) in [4.78, 5) is 23.4. The van der Waals surface area contributed by atoms with Crippen molar-refractivity contribution in [2.24, 2.45) is 0 Å². The minimum Gasteiger partial charge on any atom is -0.381 e. The summed E-state index contributed by atoms with van der Waals surface area (Å²) >= 11 is 0. The lowest BCUT2D eigenvalue weighted by molar-refractivity contribution is 0.992. The second kappa shape index (κ2) is 11.4. The van der Waals surface area contributed by atoms with Crippen molar-refractivity contribution < 1.29 is 0 Å². The van der Waals surface area contributed by atoms with Gasteiger partial charge in [0, 0.05) is 89.0 Å². The normalized spacial score (nSPS) is 12.4. The first kappa shape index (κ1) is 25.2. The largest absolute Gasteiger partial charge is 0.381 e. The maximum Gasteiger partial charge on any atom is 0.0731 e. The lowest BCUT2D eigenvalue weighted by Crippen LogP contribution is -2.14. The van der Waals surface area contributed by atoms with Crippen LogP contribution in [-0.4, -0.2) is 31.5 Å². The average Bonchev–Trinajstić information content (AvgIpc) is 3.09. The van der Waals surface area contributed by atoms with Crippen LogP contribution in [0.4, 0.5) is 0 Å². The number of hydrogen-bond acceptors (Lipinski definition) is 6. The zero-order valence-corrected chi connectivity index (χ0v) is 22.7. The number of allylic oxidation sites excluding steroid dienone is 2. The highest BCUT2D eigenvalue weighted by molar-refractivity contribution is 5.80. The molecule has 7 rings (SSSR count). The minimum absolute atomic E-state index is 0.790. The molecule has 5 aromatic heterocycles. The second-order valence-corrected chi connectivity index (χ2v) is 9.98. The number of nitrogens with one attached hydrogen (secondary N) is 1. The lowest BCUT2D eigenvalue weighted by Gasteiger charge is -2.14. The summed E-state index contributed by atoms with van der Waals surface area (Å²) < 4.78 is 0. The number of benzene rings is 1. The Morgan fingerprint density at radius 2 is 1.10 bits per heavy atom. The molecule has 6 heterocycles. The van der Waals surface area contributed by atoms with Crippen molar-refractivity contribution in [1.82, 2.24) is 30.2 Å². The standard InChI is InChI=1S/C36H26N6/c1-2-8-25(9-3-1)27-14-28(20-37-19-27)26-17-35(31-15-29(21-38-23-31)33-10-4-6-12-40-33)42-36(18-26)32-16-30(22-39-24-32)34-11-5-7-13-41-34/h1-12,14-24,41H,13H2.